The van der Waals surface area contributed by atoms with Crippen LogP contribution in [0.5, 0.6) is 0 Å². The minimum absolute atomic E-state index is 0.0856. The van der Waals surface area contributed by atoms with Crippen molar-refractivity contribution in [2.75, 3.05) is 14.1 Å². The summed E-state index contributed by atoms with van der Waals surface area (Å²) in [6, 6.07) is -1.55. The Hall–Kier alpha value is -1.44. The van der Waals surface area contributed by atoms with Crippen LogP contribution in [0.3, 0.4) is 0 Å². The summed E-state index contributed by atoms with van der Waals surface area (Å²) < 4.78 is 8.37. The van der Waals surface area contributed by atoms with Gasteiger partial charge in [-0.3, -0.25) is 10.1 Å². The molecule has 2 aliphatic rings. The van der Waals surface area contributed by atoms with Gasteiger partial charge in [0, 0.05) is 19.3 Å². The number of ether oxygens (including phenoxy) is 1. The van der Waals surface area contributed by atoms with Gasteiger partial charge in [0.1, 0.15) is 6.10 Å². The molecule has 0 aromatic rings. The highest BCUT2D eigenvalue weighted by atomic mass is 32.2. The number of carbonyl (C=O) groups excluding carboxylic acids is 2. The molecule has 0 saturated heterocycles. The van der Waals surface area contributed by atoms with Crippen LogP contribution in [0.4, 0.5) is 9.59 Å². The summed E-state index contributed by atoms with van der Waals surface area (Å²) in [5, 5.41) is 8.52. The second-order valence-corrected chi connectivity index (χ2v) is 8.09. The minimum atomic E-state index is -0.602. The Labute approximate surface area is 154 Å². The first-order chi connectivity index (χ1) is 12.0. The van der Waals surface area contributed by atoms with Gasteiger partial charge < -0.3 is 9.64 Å². The number of nitrogens with one attached hydrogen (secondary N) is 2. The molecule has 142 valence electrons. The molecule has 25 heavy (non-hydrogen) atoms. The van der Waals surface area contributed by atoms with Crippen molar-refractivity contribution < 1.29 is 14.3 Å². The topological polar surface area (TPSA) is 85.7 Å². The number of imide groups is 1. The molecule has 4 amide bonds. The van der Waals surface area contributed by atoms with E-state index < -0.39 is 12.1 Å². The molecule has 8 heteroatoms. The zero-order valence-corrected chi connectivity index (χ0v) is 16.1. The number of amidine groups is 1. The summed E-state index contributed by atoms with van der Waals surface area (Å²) in [7, 11) is 3.12. The normalized spacial score (nSPS) is 19.1. The Morgan fingerprint density at radius 1 is 1.00 bits per heavy atom. The van der Waals surface area contributed by atoms with Gasteiger partial charge in [-0.25, -0.2) is 9.59 Å². The van der Waals surface area contributed by atoms with E-state index in [4.69, 9.17) is 10.1 Å². The van der Waals surface area contributed by atoms with E-state index in [-0.39, 0.29) is 12.1 Å². The van der Waals surface area contributed by atoms with Crippen molar-refractivity contribution in [2.45, 2.75) is 75.6 Å². The van der Waals surface area contributed by atoms with Gasteiger partial charge in [-0.1, -0.05) is 25.7 Å². The first kappa shape index (κ1) is 19.9. The van der Waals surface area contributed by atoms with Gasteiger partial charge in [0.25, 0.3) is 0 Å². The lowest BCUT2D eigenvalue weighted by molar-refractivity contribution is 0.115. The van der Waals surface area contributed by atoms with E-state index in [0.29, 0.717) is 5.25 Å². The molecule has 0 unspecified atom stereocenters. The second-order valence-electron chi connectivity index (χ2n) is 6.98. The third-order valence-corrected chi connectivity index (χ3v) is 5.77. The van der Waals surface area contributed by atoms with Crippen molar-refractivity contribution in [1.29, 1.82) is 5.41 Å². The first-order valence-electron chi connectivity index (χ1n) is 9.21. The fourth-order valence-corrected chi connectivity index (χ4v) is 4.15. The Bertz CT molecular complexity index is 475. The van der Waals surface area contributed by atoms with Crippen LogP contribution in [-0.4, -0.2) is 53.3 Å². The summed E-state index contributed by atoms with van der Waals surface area (Å²) in [4.78, 5) is 27.0. The summed E-state index contributed by atoms with van der Waals surface area (Å²) in [6.07, 6.45) is 10.7. The molecule has 2 rings (SSSR count). The lowest BCUT2D eigenvalue weighted by atomic mass is 9.98. The molecule has 2 saturated carbocycles. The van der Waals surface area contributed by atoms with E-state index in [2.05, 4.69) is 4.72 Å². The summed E-state index contributed by atoms with van der Waals surface area (Å²) in [5.74, 6) is 0. The number of amides is 4. The van der Waals surface area contributed by atoms with Gasteiger partial charge in [-0.15, -0.1) is 0 Å². The van der Waals surface area contributed by atoms with Crippen LogP contribution in [0.15, 0.2) is 0 Å². The van der Waals surface area contributed by atoms with Crippen molar-refractivity contribution in [3.05, 3.63) is 0 Å². The summed E-state index contributed by atoms with van der Waals surface area (Å²) in [5.41, 5.74) is 0. The second kappa shape index (κ2) is 9.89. The summed E-state index contributed by atoms with van der Waals surface area (Å²) >= 11 is 1.36. The van der Waals surface area contributed by atoms with Gasteiger partial charge in [0.15, 0.2) is 0 Å². The molecule has 0 bridgehead atoms. The van der Waals surface area contributed by atoms with Crippen LogP contribution >= 0.6 is 11.9 Å². The number of hydrogen-bond donors (Lipinski definition) is 2. The first-order valence-corrected chi connectivity index (χ1v) is 10.1. The number of rotatable bonds is 3. The smallest absolute Gasteiger partial charge is 0.343 e. The zero-order chi connectivity index (χ0) is 18.2. The predicted molar refractivity (Wildman–Crippen MR) is 99.6 cm³/mol. The van der Waals surface area contributed by atoms with E-state index in [9.17, 15) is 9.59 Å². The molecule has 0 atom stereocenters. The Kier molecular flexibility index (Phi) is 7.87. The van der Waals surface area contributed by atoms with Crippen molar-refractivity contribution in [3.63, 3.8) is 0 Å². The molecule has 0 aliphatic heterocycles. The van der Waals surface area contributed by atoms with Crippen molar-refractivity contribution in [2.24, 2.45) is 0 Å². The Morgan fingerprint density at radius 2 is 1.56 bits per heavy atom. The van der Waals surface area contributed by atoms with Gasteiger partial charge in [-0.2, -0.15) is 4.90 Å². The fourth-order valence-electron chi connectivity index (χ4n) is 3.22. The van der Waals surface area contributed by atoms with Crippen LogP contribution < -0.4 is 4.72 Å². The van der Waals surface area contributed by atoms with Crippen LogP contribution in [0, 0.1) is 5.41 Å². The SMILES string of the molecule is CN(C)C(=O)N(C(=N)OC1CCCCC1)C(=O)NSC1CCCCC1. The lowest BCUT2D eigenvalue weighted by Crippen LogP contribution is -2.51. The zero-order valence-electron chi connectivity index (χ0n) is 15.3. The van der Waals surface area contributed by atoms with Gasteiger partial charge >= 0.3 is 18.1 Å². The average Bonchev–Trinajstić information content (AvgIpc) is 2.61. The Balaban J connectivity index is 1.94. The maximum absolute atomic E-state index is 12.5. The molecular weight excluding hydrogens is 340 g/mol. The molecule has 0 aromatic carbocycles. The van der Waals surface area contributed by atoms with Gasteiger partial charge in [0.05, 0.1) is 0 Å². The molecule has 0 radical (unpaired) electrons. The maximum atomic E-state index is 12.5. The fraction of sp³-hybridized carbons (Fsp3) is 0.824. The van der Waals surface area contributed by atoms with E-state index in [0.717, 1.165) is 43.4 Å². The van der Waals surface area contributed by atoms with Crippen LogP contribution in [0.25, 0.3) is 0 Å². The van der Waals surface area contributed by atoms with E-state index in [1.54, 1.807) is 14.1 Å². The number of urea groups is 2. The van der Waals surface area contributed by atoms with Crippen LogP contribution in [0.2, 0.25) is 0 Å². The minimum Gasteiger partial charge on any atom is -0.461 e. The van der Waals surface area contributed by atoms with Crippen LogP contribution in [-0.2, 0) is 4.74 Å². The molecule has 7 nitrogen and oxygen atoms in total. The third-order valence-electron chi connectivity index (χ3n) is 4.68. The van der Waals surface area contributed by atoms with E-state index in [1.165, 1.54) is 42.5 Å². The molecular formula is C17H30N4O3S. The largest absolute Gasteiger partial charge is 0.461 e. The summed E-state index contributed by atoms with van der Waals surface area (Å²) in [6.45, 7) is 0. The molecule has 2 fully saturated rings. The predicted octanol–water partition coefficient (Wildman–Crippen LogP) is 3.94. The van der Waals surface area contributed by atoms with E-state index in [1.807, 2.05) is 0 Å². The third kappa shape index (κ3) is 6.09. The van der Waals surface area contributed by atoms with Crippen LogP contribution in [0.1, 0.15) is 64.2 Å². The van der Waals surface area contributed by atoms with E-state index >= 15 is 0 Å². The quantitative estimate of drug-likeness (QED) is 0.447. The average molecular weight is 371 g/mol. The lowest BCUT2D eigenvalue weighted by Gasteiger charge is -2.29. The van der Waals surface area contributed by atoms with Crippen molar-refractivity contribution in [3.8, 4) is 0 Å². The highest BCUT2D eigenvalue weighted by Crippen LogP contribution is 2.26. The van der Waals surface area contributed by atoms with Gasteiger partial charge in [-0.05, 0) is 50.5 Å². The van der Waals surface area contributed by atoms with Crippen molar-refractivity contribution >= 4 is 30.0 Å². The maximum Gasteiger partial charge on any atom is 0.343 e. The molecule has 0 aromatic heterocycles. The molecule has 0 spiro atoms. The highest BCUT2D eigenvalue weighted by molar-refractivity contribution is 7.98. The highest BCUT2D eigenvalue weighted by Gasteiger charge is 2.31. The molecule has 2 aliphatic carbocycles. The number of nitrogens with zero attached hydrogens (tertiary/aromatic N) is 2. The molecule has 2 N–H and O–H groups in total. The number of hydrogen-bond acceptors (Lipinski definition) is 5. The monoisotopic (exact) mass is 370 g/mol. The molecule has 0 heterocycles. The van der Waals surface area contributed by atoms with Crippen molar-refractivity contribution in [1.82, 2.24) is 14.5 Å². The standard InChI is InChI=1S/C17H30N4O3S/c1-20(2)17(23)21(15(18)24-13-9-5-3-6-10-13)16(22)19-25-14-11-7-4-8-12-14/h13-14,18H,3-12H2,1-2H3,(H,19,22). The van der Waals surface area contributed by atoms with Gasteiger partial charge in [0.2, 0.25) is 0 Å². The number of carbonyl (C=O) groups is 2. The Morgan fingerprint density at radius 3 is 2.12 bits per heavy atom.